The van der Waals surface area contributed by atoms with E-state index in [0.29, 0.717) is 6.54 Å². The summed E-state index contributed by atoms with van der Waals surface area (Å²) in [6.45, 7) is 4.30. The summed E-state index contributed by atoms with van der Waals surface area (Å²) in [5, 5.41) is 0. The maximum Gasteiger partial charge on any atom is 0.240 e. The van der Waals surface area contributed by atoms with Crippen LogP contribution < -0.4 is 5.73 Å². The average molecular weight is 182 g/mol. The third kappa shape index (κ3) is 3.47. The second-order valence-electron chi connectivity index (χ2n) is 3.31. The Hall–Kier alpha value is -1.01. The van der Waals surface area contributed by atoms with Gasteiger partial charge in [-0.3, -0.25) is 4.79 Å². The molecule has 0 rings (SSSR count). The van der Waals surface area contributed by atoms with E-state index in [4.69, 9.17) is 12.2 Å². The van der Waals surface area contributed by atoms with Gasteiger partial charge in [-0.25, -0.2) is 0 Å². The highest BCUT2D eigenvalue weighted by Crippen LogP contribution is 2.07. The van der Waals surface area contributed by atoms with Gasteiger partial charge in [-0.15, -0.1) is 6.42 Å². The minimum absolute atomic E-state index is 0.0766. The summed E-state index contributed by atoms with van der Waals surface area (Å²) in [6.07, 6.45) is 5.99. The number of carbonyl (C=O) groups is 1. The molecule has 0 aliphatic heterocycles. The molecule has 0 aliphatic carbocycles. The molecule has 0 aliphatic rings. The molecule has 0 saturated carbocycles. The third-order valence-electron chi connectivity index (χ3n) is 2.25. The molecule has 0 aromatic heterocycles. The van der Waals surface area contributed by atoms with Gasteiger partial charge < -0.3 is 10.6 Å². The number of hydrogen-bond acceptors (Lipinski definition) is 2. The van der Waals surface area contributed by atoms with Crippen molar-refractivity contribution in [2.75, 3.05) is 13.6 Å². The van der Waals surface area contributed by atoms with Crippen molar-refractivity contribution < 1.29 is 4.79 Å². The van der Waals surface area contributed by atoms with E-state index < -0.39 is 6.04 Å². The molecule has 3 heteroatoms. The van der Waals surface area contributed by atoms with E-state index in [-0.39, 0.29) is 11.8 Å². The number of amides is 1. The lowest BCUT2D eigenvalue weighted by Gasteiger charge is -2.22. The molecular formula is C10H18N2O. The monoisotopic (exact) mass is 182 g/mol. The second-order valence-corrected chi connectivity index (χ2v) is 3.31. The Bertz CT molecular complexity index is 207. The van der Waals surface area contributed by atoms with Crippen LogP contribution in [0.4, 0.5) is 0 Å². The van der Waals surface area contributed by atoms with Crippen molar-refractivity contribution >= 4 is 5.91 Å². The van der Waals surface area contributed by atoms with Crippen LogP contribution in [0.2, 0.25) is 0 Å². The van der Waals surface area contributed by atoms with E-state index >= 15 is 0 Å². The zero-order valence-corrected chi connectivity index (χ0v) is 8.58. The van der Waals surface area contributed by atoms with Gasteiger partial charge in [0.15, 0.2) is 0 Å². The van der Waals surface area contributed by atoms with Crippen molar-refractivity contribution in [3.63, 3.8) is 0 Å². The van der Waals surface area contributed by atoms with Gasteiger partial charge in [-0.2, -0.15) is 0 Å². The van der Waals surface area contributed by atoms with E-state index in [1.807, 2.05) is 13.8 Å². The summed E-state index contributed by atoms with van der Waals surface area (Å²) in [5.41, 5.74) is 5.74. The Morgan fingerprint density at radius 2 is 2.23 bits per heavy atom. The first-order chi connectivity index (χ1) is 6.04. The van der Waals surface area contributed by atoms with Crippen LogP contribution in [-0.2, 0) is 4.79 Å². The number of nitrogens with two attached hydrogens (primary N) is 1. The summed E-state index contributed by atoms with van der Waals surface area (Å²) >= 11 is 0. The minimum atomic E-state index is -0.427. The van der Waals surface area contributed by atoms with Crippen molar-refractivity contribution in [2.24, 2.45) is 11.7 Å². The fourth-order valence-corrected chi connectivity index (χ4v) is 0.967. The summed E-state index contributed by atoms with van der Waals surface area (Å²) < 4.78 is 0. The van der Waals surface area contributed by atoms with Crippen molar-refractivity contribution in [2.45, 2.75) is 26.3 Å². The van der Waals surface area contributed by atoms with Crippen LogP contribution in [0.1, 0.15) is 20.3 Å². The molecule has 0 fully saturated rings. The van der Waals surface area contributed by atoms with Crippen LogP contribution in [0, 0.1) is 18.3 Å². The van der Waals surface area contributed by atoms with Gasteiger partial charge in [0.2, 0.25) is 5.91 Å². The zero-order valence-electron chi connectivity index (χ0n) is 8.58. The number of likely N-dealkylation sites (N-methyl/N-ethyl adjacent to an activating group) is 1. The first-order valence-electron chi connectivity index (χ1n) is 4.48. The molecule has 74 valence electrons. The summed E-state index contributed by atoms with van der Waals surface area (Å²) in [7, 11) is 1.67. The van der Waals surface area contributed by atoms with Crippen LogP contribution in [0.15, 0.2) is 0 Å². The summed E-state index contributed by atoms with van der Waals surface area (Å²) in [6, 6.07) is -0.427. The van der Waals surface area contributed by atoms with Crippen molar-refractivity contribution in [3.05, 3.63) is 0 Å². The predicted molar refractivity (Wildman–Crippen MR) is 53.9 cm³/mol. The Labute approximate surface area is 80.3 Å². The highest BCUT2D eigenvalue weighted by atomic mass is 16.2. The summed E-state index contributed by atoms with van der Waals surface area (Å²) in [4.78, 5) is 13.0. The number of hydrogen-bond donors (Lipinski definition) is 1. The molecule has 3 nitrogen and oxygen atoms in total. The van der Waals surface area contributed by atoms with Gasteiger partial charge in [0.05, 0.1) is 12.6 Å². The van der Waals surface area contributed by atoms with Crippen LogP contribution in [0.5, 0.6) is 0 Å². The zero-order chi connectivity index (χ0) is 10.4. The molecular weight excluding hydrogens is 164 g/mol. The molecule has 0 heterocycles. The molecule has 13 heavy (non-hydrogen) atoms. The fraction of sp³-hybridized carbons (Fsp3) is 0.700. The maximum absolute atomic E-state index is 11.5. The average Bonchev–Trinajstić information content (AvgIpc) is 2.14. The van der Waals surface area contributed by atoms with Crippen LogP contribution in [-0.4, -0.2) is 30.4 Å². The lowest BCUT2D eigenvalue weighted by molar-refractivity contribution is -0.131. The Kier molecular flexibility index (Phi) is 5.17. The molecule has 0 bridgehead atoms. The van der Waals surface area contributed by atoms with Gasteiger partial charge in [-0.05, 0) is 5.92 Å². The molecule has 1 amide bonds. The molecule has 0 radical (unpaired) electrons. The van der Waals surface area contributed by atoms with E-state index in [1.54, 1.807) is 7.05 Å². The smallest absolute Gasteiger partial charge is 0.240 e. The van der Waals surface area contributed by atoms with Gasteiger partial charge >= 0.3 is 0 Å². The normalized spacial score (nSPS) is 14.4. The molecule has 0 spiro atoms. The Balaban J connectivity index is 4.18. The van der Waals surface area contributed by atoms with E-state index in [9.17, 15) is 4.79 Å². The molecule has 2 N–H and O–H groups in total. The van der Waals surface area contributed by atoms with Gasteiger partial charge in [0, 0.05) is 7.05 Å². The number of carbonyl (C=O) groups excluding carboxylic acids is 1. The predicted octanol–water partition coefficient (Wildman–Crippen LogP) is 0.451. The van der Waals surface area contributed by atoms with Gasteiger partial charge in [0.25, 0.3) is 0 Å². The molecule has 2 atom stereocenters. The molecule has 0 aromatic carbocycles. The van der Waals surface area contributed by atoms with Crippen LogP contribution in [0.3, 0.4) is 0 Å². The molecule has 0 saturated heterocycles. The topological polar surface area (TPSA) is 46.3 Å². The van der Waals surface area contributed by atoms with Crippen molar-refractivity contribution in [3.8, 4) is 12.3 Å². The number of nitrogens with zero attached hydrogens (tertiary/aromatic N) is 1. The largest absolute Gasteiger partial charge is 0.333 e. The first-order valence-corrected chi connectivity index (χ1v) is 4.48. The van der Waals surface area contributed by atoms with Gasteiger partial charge in [-0.1, -0.05) is 26.2 Å². The standard InChI is InChI=1S/C10H18N2O/c1-5-7-12(4)10(13)9(11)8(3)6-2/h1,8-9H,6-7,11H2,2-4H3. The highest BCUT2D eigenvalue weighted by Gasteiger charge is 2.21. The fourth-order valence-electron chi connectivity index (χ4n) is 0.967. The third-order valence-corrected chi connectivity index (χ3v) is 2.25. The Morgan fingerprint density at radius 1 is 1.69 bits per heavy atom. The second kappa shape index (κ2) is 5.60. The lowest BCUT2D eigenvalue weighted by Crippen LogP contribution is -2.45. The highest BCUT2D eigenvalue weighted by molar-refractivity contribution is 5.81. The number of terminal acetylenes is 1. The van der Waals surface area contributed by atoms with E-state index in [2.05, 4.69) is 5.92 Å². The summed E-state index contributed by atoms with van der Waals surface area (Å²) in [5.74, 6) is 2.53. The minimum Gasteiger partial charge on any atom is -0.333 e. The quantitative estimate of drug-likeness (QED) is 0.642. The van der Waals surface area contributed by atoms with E-state index in [0.717, 1.165) is 6.42 Å². The van der Waals surface area contributed by atoms with Crippen LogP contribution in [0.25, 0.3) is 0 Å². The van der Waals surface area contributed by atoms with Crippen LogP contribution >= 0.6 is 0 Å². The van der Waals surface area contributed by atoms with Crippen molar-refractivity contribution in [1.82, 2.24) is 4.90 Å². The Morgan fingerprint density at radius 3 is 2.62 bits per heavy atom. The first kappa shape index (κ1) is 12.0. The van der Waals surface area contributed by atoms with Gasteiger partial charge in [0.1, 0.15) is 0 Å². The molecule has 0 aromatic rings. The number of rotatable bonds is 4. The lowest BCUT2D eigenvalue weighted by atomic mass is 9.99. The maximum atomic E-state index is 11.5. The molecule has 2 unspecified atom stereocenters. The van der Waals surface area contributed by atoms with E-state index in [1.165, 1.54) is 4.90 Å². The SMILES string of the molecule is C#CCN(C)C(=O)C(N)C(C)CC. The van der Waals surface area contributed by atoms with Crippen molar-refractivity contribution in [1.29, 1.82) is 0 Å².